The van der Waals surface area contributed by atoms with E-state index in [1.807, 2.05) is 74.5 Å². The topological polar surface area (TPSA) is 143 Å². The zero-order chi connectivity index (χ0) is 31.0. The molecule has 3 aromatic rings. The van der Waals surface area contributed by atoms with Gasteiger partial charge in [0, 0.05) is 13.0 Å². The van der Waals surface area contributed by atoms with E-state index in [0.717, 1.165) is 17.5 Å². The van der Waals surface area contributed by atoms with Gasteiger partial charge in [0.15, 0.2) is 0 Å². The summed E-state index contributed by atoms with van der Waals surface area (Å²) in [6.07, 6.45) is 1.64. The minimum atomic E-state index is -1.05. The molecule has 9 nitrogen and oxygen atoms in total. The van der Waals surface area contributed by atoms with Crippen LogP contribution in [0, 0.1) is 5.92 Å². The van der Waals surface area contributed by atoms with Crippen molar-refractivity contribution in [3.8, 4) is 5.75 Å². The van der Waals surface area contributed by atoms with Crippen LogP contribution in [0.4, 0.5) is 0 Å². The first-order valence-corrected chi connectivity index (χ1v) is 14.8. The maximum atomic E-state index is 13.4. The molecule has 6 N–H and O–H groups in total. The number of hydrogen-bond acceptors (Lipinski definition) is 7. The van der Waals surface area contributed by atoms with Crippen LogP contribution in [0.2, 0.25) is 0 Å². The molecule has 0 fully saturated rings. The maximum Gasteiger partial charge on any atom is 0.249 e. The number of carbonyl (C=O) groups excluding carboxylic acids is 3. The number of hydrogen-bond donors (Lipinski definition) is 5. The maximum absolute atomic E-state index is 13.4. The molecule has 0 aliphatic rings. The first kappa shape index (κ1) is 36.4. The number of phenols is 1. The van der Waals surface area contributed by atoms with Gasteiger partial charge in [-0.15, -0.1) is 12.4 Å². The molecular formula is C34H45ClN4O5. The first-order chi connectivity index (χ1) is 20.7. The van der Waals surface area contributed by atoms with Gasteiger partial charge in [0.25, 0.3) is 0 Å². The summed E-state index contributed by atoms with van der Waals surface area (Å²) in [4.78, 5) is 39.7. The predicted molar refractivity (Wildman–Crippen MR) is 174 cm³/mol. The van der Waals surface area contributed by atoms with Crippen LogP contribution in [0.25, 0.3) is 0 Å². The molecule has 0 bridgehead atoms. The minimum absolute atomic E-state index is 0. The second-order valence-corrected chi connectivity index (χ2v) is 11.1. The van der Waals surface area contributed by atoms with Crippen LogP contribution in [0.3, 0.4) is 0 Å². The second kappa shape index (κ2) is 19.5. The summed E-state index contributed by atoms with van der Waals surface area (Å²) in [5.41, 5.74) is 8.99. The summed E-state index contributed by atoms with van der Waals surface area (Å²) in [5, 5.41) is 18.2. The fourth-order valence-electron chi connectivity index (χ4n) is 4.55. The van der Waals surface area contributed by atoms with Crippen molar-refractivity contribution < 1.29 is 24.2 Å². The van der Waals surface area contributed by atoms with Gasteiger partial charge in [0.1, 0.15) is 11.8 Å². The molecule has 0 spiro atoms. The monoisotopic (exact) mass is 624 g/mol. The largest absolute Gasteiger partial charge is 0.508 e. The van der Waals surface area contributed by atoms with E-state index in [1.165, 1.54) is 12.1 Å². The lowest BCUT2D eigenvalue weighted by atomic mass is 10.0. The number of aromatic hydroxyl groups is 1. The highest BCUT2D eigenvalue weighted by atomic mass is 35.5. The highest BCUT2D eigenvalue weighted by molar-refractivity contribution is 6.01. The van der Waals surface area contributed by atoms with Gasteiger partial charge in [-0.3, -0.25) is 19.7 Å². The standard InChI is InChI=1S/C34H44N4O5.ClH/c1-24(2)21-30(36-19-17-25-9-5-3-6-10-25)33(41)38-34(42)31(22-26-13-15-28(39)16-14-26)37-32(40)29(35)18-20-43-23-27-11-7-4-8-12-27;/h3-16,24,29-31,36,39H,17-23,35H2,1-2H3,(H,37,40)(H,38,41,42);1H/t29?,30-,31-;/m0./s1. The molecule has 3 amide bonds. The van der Waals surface area contributed by atoms with E-state index in [2.05, 4.69) is 16.0 Å². The molecule has 0 aliphatic carbocycles. The van der Waals surface area contributed by atoms with Crippen molar-refractivity contribution in [3.63, 3.8) is 0 Å². The number of ether oxygens (including phenoxy) is 1. The highest BCUT2D eigenvalue weighted by Gasteiger charge is 2.28. The van der Waals surface area contributed by atoms with E-state index in [4.69, 9.17) is 10.5 Å². The van der Waals surface area contributed by atoms with Crippen LogP contribution in [0.15, 0.2) is 84.9 Å². The Kier molecular flexibility index (Phi) is 16.1. The number of benzene rings is 3. The Morgan fingerprint density at radius 2 is 1.39 bits per heavy atom. The summed E-state index contributed by atoms with van der Waals surface area (Å²) in [6, 6.07) is 23.4. The fraction of sp³-hybridized carbons (Fsp3) is 0.382. The summed E-state index contributed by atoms with van der Waals surface area (Å²) >= 11 is 0. The lowest BCUT2D eigenvalue weighted by molar-refractivity contribution is -0.135. The normalized spacial score (nSPS) is 12.9. The Balaban J connectivity index is 0.00000675. The van der Waals surface area contributed by atoms with Crippen molar-refractivity contribution in [3.05, 3.63) is 102 Å². The number of carbonyl (C=O) groups is 3. The van der Waals surface area contributed by atoms with E-state index in [9.17, 15) is 19.5 Å². The summed E-state index contributed by atoms with van der Waals surface area (Å²) in [6.45, 7) is 5.26. The van der Waals surface area contributed by atoms with Crippen LogP contribution in [-0.2, 0) is 38.6 Å². The van der Waals surface area contributed by atoms with Crippen LogP contribution in [-0.4, -0.2) is 54.1 Å². The Labute approximate surface area is 266 Å². The Hall–Kier alpha value is -3.76. The molecule has 0 heterocycles. The summed E-state index contributed by atoms with van der Waals surface area (Å²) in [5.74, 6) is -1.30. The van der Waals surface area contributed by atoms with E-state index < -0.39 is 35.8 Å². The molecule has 3 aromatic carbocycles. The van der Waals surface area contributed by atoms with E-state index in [1.54, 1.807) is 12.1 Å². The zero-order valence-corrected chi connectivity index (χ0v) is 26.2. The van der Waals surface area contributed by atoms with Crippen molar-refractivity contribution in [2.45, 2.75) is 64.3 Å². The molecule has 0 radical (unpaired) electrons. The van der Waals surface area contributed by atoms with E-state index >= 15 is 0 Å². The number of imide groups is 1. The third kappa shape index (κ3) is 13.3. The molecule has 10 heteroatoms. The summed E-state index contributed by atoms with van der Waals surface area (Å²) < 4.78 is 5.66. The smallest absolute Gasteiger partial charge is 0.249 e. The van der Waals surface area contributed by atoms with Crippen LogP contribution in [0.1, 0.15) is 43.4 Å². The third-order valence-electron chi connectivity index (χ3n) is 6.95. The van der Waals surface area contributed by atoms with Crippen molar-refractivity contribution >= 4 is 30.1 Å². The predicted octanol–water partition coefficient (Wildman–Crippen LogP) is 3.67. The molecule has 0 aromatic heterocycles. The number of halogens is 1. The first-order valence-electron chi connectivity index (χ1n) is 14.8. The zero-order valence-electron chi connectivity index (χ0n) is 25.4. The molecule has 238 valence electrons. The molecule has 44 heavy (non-hydrogen) atoms. The van der Waals surface area contributed by atoms with Crippen molar-refractivity contribution in [1.82, 2.24) is 16.0 Å². The van der Waals surface area contributed by atoms with Crippen molar-refractivity contribution in [2.24, 2.45) is 11.7 Å². The van der Waals surface area contributed by atoms with E-state index in [0.29, 0.717) is 25.1 Å². The van der Waals surface area contributed by atoms with E-state index in [-0.39, 0.29) is 43.5 Å². The third-order valence-corrected chi connectivity index (χ3v) is 6.95. The number of nitrogens with one attached hydrogen (secondary N) is 3. The quantitative estimate of drug-likeness (QED) is 0.144. The number of amides is 3. The average Bonchev–Trinajstić information content (AvgIpc) is 3.00. The summed E-state index contributed by atoms with van der Waals surface area (Å²) in [7, 11) is 0. The van der Waals surface area contributed by atoms with Gasteiger partial charge in [0.05, 0.1) is 18.7 Å². The lowest BCUT2D eigenvalue weighted by Crippen LogP contribution is -2.56. The number of nitrogens with two attached hydrogens (primary N) is 1. The van der Waals surface area contributed by atoms with Crippen LogP contribution < -0.4 is 21.7 Å². The van der Waals surface area contributed by atoms with Crippen molar-refractivity contribution in [1.29, 1.82) is 0 Å². The SMILES string of the molecule is CC(C)C[C@H](NCCc1ccccc1)C(=O)NC(=O)[C@H](Cc1ccc(O)cc1)NC(=O)C(N)CCOCc1ccccc1.Cl. The Bertz CT molecular complexity index is 1280. The molecule has 0 saturated heterocycles. The van der Waals surface area contributed by atoms with Gasteiger partial charge in [0.2, 0.25) is 17.7 Å². The Morgan fingerprint density at radius 1 is 0.795 bits per heavy atom. The van der Waals surface area contributed by atoms with Gasteiger partial charge in [-0.1, -0.05) is 86.6 Å². The average molecular weight is 625 g/mol. The van der Waals surface area contributed by atoms with Crippen molar-refractivity contribution in [2.75, 3.05) is 13.2 Å². The lowest BCUT2D eigenvalue weighted by Gasteiger charge is -2.23. The Morgan fingerprint density at radius 3 is 2.00 bits per heavy atom. The molecule has 0 saturated carbocycles. The van der Waals surface area contributed by atoms with Gasteiger partial charge in [-0.2, -0.15) is 0 Å². The molecule has 3 atom stereocenters. The van der Waals surface area contributed by atoms with Gasteiger partial charge < -0.3 is 26.2 Å². The van der Waals surface area contributed by atoms with Gasteiger partial charge in [-0.05, 0) is 60.5 Å². The van der Waals surface area contributed by atoms with Gasteiger partial charge in [-0.25, -0.2) is 0 Å². The fourth-order valence-corrected chi connectivity index (χ4v) is 4.55. The van der Waals surface area contributed by atoms with Gasteiger partial charge >= 0.3 is 0 Å². The van der Waals surface area contributed by atoms with Crippen LogP contribution >= 0.6 is 12.4 Å². The second-order valence-electron chi connectivity index (χ2n) is 11.1. The number of rotatable bonds is 17. The molecule has 1 unspecified atom stereocenters. The number of phenolic OH excluding ortho intramolecular Hbond substituents is 1. The highest BCUT2D eigenvalue weighted by Crippen LogP contribution is 2.12. The molecular weight excluding hydrogens is 580 g/mol. The minimum Gasteiger partial charge on any atom is -0.508 e. The molecule has 0 aliphatic heterocycles. The molecule has 3 rings (SSSR count). The van der Waals surface area contributed by atoms with Crippen LogP contribution in [0.5, 0.6) is 5.75 Å².